The Morgan fingerprint density at radius 1 is 1.09 bits per heavy atom. The summed E-state index contributed by atoms with van der Waals surface area (Å²) in [5, 5.41) is 11.1. The molecule has 1 atom stereocenters. The second-order valence-corrected chi connectivity index (χ2v) is 9.49. The van der Waals surface area contributed by atoms with Crippen molar-refractivity contribution in [3.63, 3.8) is 0 Å². The predicted molar refractivity (Wildman–Crippen MR) is 128 cm³/mol. The van der Waals surface area contributed by atoms with Crippen molar-refractivity contribution in [1.29, 1.82) is 0 Å². The maximum atomic E-state index is 13.0. The number of carbonyl (C=O) groups excluding carboxylic acids is 2. The molecule has 1 saturated heterocycles. The van der Waals surface area contributed by atoms with Crippen LogP contribution in [0.25, 0.3) is 5.76 Å². The molecule has 1 N–H and O–H groups in total. The van der Waals surface area contributed by atoms with Gasteiger partial charge in [0.1, 0.15) is 11.5 Å². The highest BCUT2D eigenvalue weighted by molar-refractivity contribution is 9.10. The number of halogens is 1. The standard InChI is InChI=1S/C25H29BrN2O4/c1-16(2)15-32-20-11-7-18(8-12-20)23(29)21-22(17-5-9-19(26)10-6-17)28(14-13-27(3)4)25(31)24(21)30/h5-12,16,22,29H,13-15H2,1-4H3/b23-21+/t22-/m1/s1. The number of likely N-dealkylation sites (N-methyl/N-ethyl adjacent to an activating group) is 1. The molecule has 1 aliphatic heterocycles. The predicted octanol–water partition coefficient (Wildman–Crippen LogP) is 4.47. The topological polar surface area (TPSA) is 70.1 Å². The average Bonchev–Trinajstić information content (AvgIpc) is 3.01. The summed E-state index contributed by atoms with van der Waals surface area (Å²) in [4.78, 5) is 29.4. The van der Waals surface area contributed by atoms with Gasteiger partial charge in [0.05, 0.1) is 18.2 Å². The molecule has 0 bridgehead atoms. The molecule has 6 nitrogen and oxygen atoms in total. The Kier molecular flexibility index (Phi) is 7.74. The van der Waals surface area contributed by atoms with Crippen LogP contribution >= 0.6 is 15.9 Å². The summed E-state index contributed by atoms with van der Waals surface area (Å²) in [6, 6.07) is 13.7. The Balaban J connectivity index is 2.02. The Hall–Kier alpha value is -2.64. The van der Waals surface area contributed by atoms with E-state index in [4.69, 9.17) is 4.74 Å². The summed E-state index contributed by atoms with van der Waals surface area (Å²) < 4.78 is 6.59. The number of aliphatic hydroxyl groups is 1. The van der Waals surface area contributed by atoms with Crippen LogP contribution in [0.4, 0.5) is 0 Å². The van der Waals surface area contributed by atoms with Crippen molar-refractivity contribution < 1.29 is 19.4 Å². The Bertz CT molecular complexity index is 998. The lowest BCUT2D eigenvalue weighted by atomic mass is 9.95. The molecular formula is C25H29BrN2O4. The summed E-state index contributed by atoms with van der Waals surface area (Å²) in [6.07, 6.45) is 0. The molecule has 2 aromatic carbocycles. The molecule has 1 aliphatic rings. The third-order valence-corrected chi connectivity index (χ3v) is 5.75. The number of likely N-dealkylation sites (tertiary alicyclic amines) is 1. The highest BCUT2D eigenvalue weighted by Gasteiger charge is 2.45. The van der Waals surface area contributed by atoms with Crippen molar-refractivity contribution in [1.82, 2.24) is 9.80 Å². The van der Waals surface area contributed by atoms with Gasteiger partial charge in [0.15, 0.2) is 0 Å². The third-order valence-electron chi connectivity index (χ3n) is 5.22. The van der Waals surface area contributed by atoms with Gasteiger partial charge in [-0.15, -0.1) is 0 Å². The zero-order valence-corrected chi connectivity index (χ0v) is 20.4. The van der Waals surface area contributed by atoms with Gasteiger partial charge in [0.25, 0.3) is 11.7 Å². The maximum Gasteiger partial charge on any atom is 0.295 e. The zero-order valence-electron chi connectivity index (χ0n) is 18.8. The van der Waals surface area contributed by atoms with E-state index in [9.17, 15) is 14.7 Å². The van der Waals surface area contributed by atoms with Crippen molar-refractivity contribution in [2.24, 2.45) is 5.92 Å². The van der Waals surface area contributed by atoms with E-state index in [1.54, 1.807) is 24.3 Å². The van der Waals surface area contributed by atoms with Gasteiger partial charge >= 0.3 is 0 Å². The number of hydrogen-bond acceptors (Lipinski definition) is 5. The van der Waals surface area contributed by atoms with Gasteiger partial charge in [-0.3, -0.25) is 9.59 Å². The summed E-state index contributed by atoms with van der Waals surface area (Å²) in [5.41, 5.74) is 1.34. The molecule has 32 heavy (non-hydrogen) atoms. The number of amides is 1. The maximum absolute atomic E-state index is 13.0. The molecule has 0 saturated carbocycles. The lowest BCUT2D eigenvalue weighted by Gasteiger charge is -2.26. The fourth-order valence-corrected chi connectivity index (χ4v) is 3.80. The number of benzene rings is 2. The molecule has 1 amide bonds. The largest absolute Gasteiger partial charge is 0.507 e. The van der Waals surface area contributed by atoms with Gasteiger partial charge in [-0.2, -0.15) is 0 Å². The first-order valence-corrected chi connectivity index (χ1v) is 11.4. The van der Waals surface area contributed by atoms with Gasteiger partial charge in [-0.25, -0.2) is 0 Å². The van der Waals surface area contributed by atoms with Gasteiger partial charge in [-0.05, 0) is 62.0 Å². The number of carbonyl (C=O) groups is 2. The van der Waals surface area contributed by atoms with E-state index in [0.717, 1.165) is 10.0 Å². The van der Waals surface area contributed by atoms with Crippen LogP contribution in [0.2, 0.25) is 0 Å². The van der Waals surface area contributed by atoms with Crippen molar-refractivity contribution in [3.05, 3.63) is 69.7 Å². The quantitative estimate of drug-likeness (QED) is 0.329. The first-order valence-electron chi connectivity index (χ1n) is 10.6. The summed E-state index contributed by atoms with van der Waals surface area (Å²) >= 11 is 3.42. The lowest BCUT2D eigenvalue weighted by Crippen LogP contribution is -2.35. The molecule has 0 spiro atoms. The van der Waals surface area contributed by atoms with Crippen LogP contribution in [0.1, 0.15) is 31.0 Å². The minimum absolute atomic E-state index is 0.104. The minimum Gasteiger partial charge on any atom is -0.507 e. The molecule has 170 valence electrons. The van der Waals surface area contributed by atoms with Crippen molar-refractivity contribution in [3.8, 4) is 5.75 Å². The molecule has 0 aromatic heterocycles. The third kappa shape index (κ3) is 5.40. The van der Waals surface area contributed by atoms with Crippen LogP contribution in [-0.2, 0) is 9.59 Å². The second kappa shape index (κ2) is 10.3. The fraction of sp³-hybridized carbons (Fsp3) is 0.360. The van der Waals surface area contributed by atoms with Crippen LogP contribution in [0.15, 0.2) is 58.6 Å². The molecule has 0 unspecified atom stereocenters. The fourth-order valence-electron chi connectivity index (χ4n) is 3.54. The van der Waals surface area contributed by atoms with Crippen LogP contribution in [0.3, 0.4) is 0 Å². The lowest BCUT2D eigenvalue weighted by molar-refractivity contribution is -0.140. The van der Waals surface area contributed by atoms with E-state index in [-0.39, 0.29) is 11.3 Å². The van der Waals surface area contributed by atoms with Gasteiger partial charge in [0, 0.05) is 23.1 Å². The Labute approximate surface area is 197 Å². The number of aliphatic hydroxyl groups excluding tert-OH is 1. The summed E-state index contributed by atoms with van der Waals surface area (Å²) in [6.45, 7) is 5.69. The van der Waals surface area contributed by atoms with Gasteiger partial charge in [-0.1, -0.05) is 41.9 Å². The normalized spacial score (nSPS) is 18.1. The van der Waals surface area contributed by atoms with Crippen LogP contribution < -0.4 is 4.74 Å². The van der Waals surface area contributed by atoms with Gasteiger partial charge in [0.2, 0.25) is 0 Å². The average molecular weight is 501 g/mol. The van der Waals surface area contributed by atoms with Crippen molar-refractivity contribution in [2.75, 3.05) is 33.8 Å². The number of nitrogens with zero attached hydrogens (tertiary/aromatic N) is 2. The smallest absolute Gasteiger partial charge is 0.295 e. The monoisotopic (exact) mass is 500 g/mol. The zero-order chi connectivity index (χ0) is 23.4. The second-order valence-electron chi connectivity index (χ2n) is 8.58. The summed E-state index contributed by atoms with van der Waals surface area (Å²) in [5.74, 6) is -0.371. The summed E-state index contributed by atoms with van der Waals surface area (Å²) in [7, 11) is 3.82. The van der Waals surface area contributed by atoms with E-state index in [1.807, 2.05) is 43.3 Å². The highest BCUT2D eigenvalue weighted by atomic mass is 79.9. The highest BCUT2D eigenvalue weighted by Crippen LogP contribution is 2.39. The Morgan fingerprint density at radius 2 is 1.72 bits per heavy atom. The van der Waals surface area contributed by atoms with Crippen LogP contribution in [0.5, 0.6) is 5.75 Å². The molecular weight excluding hydrogens is 472 g/mol. The molecule has 1 heterocycles. The van der Waals surface area contributed by atoms with E-state index < -0.39 is 17.7 Å². The van der Waals surface area contributed by atoms with E-state index >= 15 is 0 Å². The number of hydrogen-bond donors (Lipinski definition) is 1. The number of ketones is 1. The SMILES string of the molecule is CC(C)COc1ccc(/C(O)=C2\C(=O)C(=O)N(CCN(C)C)[C@@H]2c2ccc(Br)cc2)cc1. The van der Waals surface area contributed by atoms with Crippen molar-refractivity contribution in [2.45, 2.75) is 19.9 Å². The van der Waals surface area contributed by atoms with E-state index in [2.05, 4.69) is 29.8 Å². The molecule has 0 radical (unpaired) electrons. The van der Waals surface area contributed by atoms with E-state index in [1.165, 1.54) is 4.90 Å². The number of Topliss-reactive ketones (excluding diaryl/α,β-unsaturated/α-hetero) is 1. The van der Waals surface area contributed by atoms with Crippen LogP contribution in [0, 0.1) is 5.92 Å². The molecule has 0 aliphatic carbocycles. The first kappa shape index (κ1) is 24.0. The van der Waals surface area contributed by atoms with Crippen LogP contribution in [-0.4, -0.2) is 60.4 Å². The Morgan fingerprint density at radius 3 is 2.28 bits per heavy atom. The van der Waals surface area contributed by atoms with E-state index in [0.29, 0.717) is 36.9 Å². The molecule has 1 fully saturated rings. The number of rotatable bonds is 8. The number of ether oxygens (including phenoxy) is 1. The molecule has 3 rings (SSSR count). The van der Waals surface area contributed by atoms with Crippen molar-refractivity contribution >= 4 is 33.4 Å². The minimum atomic E-state index is -0.672. The molecule has 2 aromatic rings. The molecule has 7 heteroatoms. The van der Waals surface area contributed by atoms with Gasteiger partial charge < -0.3 is 19.6 Å². The first-order chi connectivity index (χ1) is 15.2.